The molecule has 5 heteroatoms. The highest BCUT2D eigenvalue weighted by molar-refractivity contribution is 5.79. The van der Waals surface area contributed by atoms with Crippen LogP contribution in [0.2, 0.25) is 0 Å². The molecule has 0 aromatic carbocycles. The van der Waals surface area contributed by atoms with E-state index in [4.69, 9.17) is 4.74 Å². The van der Waals surface area contributed by atoms with E-state index >= 15 is 0 Å². The van der Waals surface area contributed by atoms with Crippen molar-refractivity contribution < 1.29 is 14.3 Å². The van der Waals surface area contributed by atoms with Gasteiger partial charge in [-0.25, -0.2) is 0 Å². The molecule has 4 saturated carbocycles. The van der Waals surface area contributed by atoms with Crippen LogP contribution in [0, 0.1) is 35.5 Å². The van der Waals surface area contributed by atoms with Crippen LogP contribution in [0.15, 0.2) is 0 Å². The summed E-state index contributed by atoms with van der Waals surface area (Å²) in [7, 11) is 0. The molecule has 0 spiro atoms. The number of hydrogen-bond acceptors (Lipinski definition) is 3. The molecule has 0 heterocycles. The quantitative estimate of drug-likeness (QED) is 0.482. The van der Waals surface area contributed by atoms with Crippen LogP contribution in [0.3, 0.4) is 0 Å². The number of hydrogen-bond donors (Lipinski definition) is 2. The van der Waals surface area contributed by atoms with Gasteiger partial charge in [0.1, 0.15) is 0 Å². The molecular formula is C30H52N2O3. The summed E-state index contributed by atoms with van der Waals surface area (Å²) in [5.41, 5.74) is 0. The Morgan fingerprint density at radius 1 is 0.543 bits per heavy atom. The molecule has 200 valence electrons. The lowest BCUT2D eigenvalue weighted by Gasteiger charge is -2.37. The zero-order valence-corrected chi connectivity index (χ0v) is 22.9. The minimum Gasteiger partial charge on any atom is -0.375 e. The fraction of sp³-hybridized carbons (Fsp3) is 0.933. The van der Waals surface area contributed by atoms with E-state index in [9.17, 15) is 9.59 Å². The third kappa shape index (κ3) is 7.46. The van der Waals surface area contributed by atoms with Gasteiger partial charge in [0, 0.05) is 23.9 Å². The summed E-state index contributed by atoms with van der Waals surface area (Å²) in [6, 6.07) is 0.717. The molecule has 6 atom stereocenters. The summed E-state index contributed by atoms with van der Waals surface area (Å²) in [6.45, 7) is 9.20. The van der Waals surface area contributed by atoms with E-state index < -0.39 is 0 Å². The molecule has 4 aliphatic carbocycles. The molecule has 0 radical (unpaired) electrons. The Kier molecular flexibility index (Phi) is 9.57. The van der Waals surface area contributed by atoms with Gasteiger partial charge in [-0.15, -0.1) is 0 Å². The Balaban J connectivity index is 1.13. The van der Waals surface area contributed by atoms with Crippen molar-refractivity contribution in [3.8, 4) is 0 Å². The molecule has 0 aromatic heterocycles. The molecule has 0 bridgehead atoms. The fourth-order valence-electron chi connectivity index (χ4n) is 7.26. The Labute approximate surface area is 214 Å². The number of amides is 2. The van der Waals surface area contributed by atoms with Gasteiger partial charge in [-0.1, -0.05) is 40.5 Å². The van der Waals surface area contributed by atoms with Crippen molar-refractivity contribution >= 4 is 11.8 Å². The molecule has 2 amide bonds. The zero-order chi connectivity index (χ0) is 24.9. The SMILES string of the molecule is CC1CCC(C)C(NC(=O)C2CCC(OC3CCC(C(=O)NC4CC(C)CCC4C)CC3)CC2)C1. The van der Waals surface area contributed by atoms with E-state index in [1.807, 2.05) is 0 Å². The monoisotopic (exact) mass is 488 g/mol. The first kappa shape index (κ1) is 26.9. The van der Waals surface area contributed by atoms with Crippen molar-refractivity contribution in [2.45, 2.75) is 142 Å². The van der Waals surface area contributed by atoms with Crippen LogP contribution in [-0.2, 0) is 14.3 Å². The summed E-state index contributed by atoms with van der Waals surface area (Å²) in [4.78, 5) is 25.8. The molecule has 6 unspecified atom stereocenters. The summed E-state index contributed by atoms with van der Waals surface area (Å²) in [5.74, 6) is 3.52. The van der Waals surface area contributed by atoms with Gasteiger partial charge >= 0.3 is 0 Å². The van der Waals surface area contributed by atoms with Crippen LogP contribution in [0.4, 0.5) is 0 Å². The zero-order valence-electron chi connectivity index (χ0n) is 22.9. The largest absolute Gasteiger partial charge is 0.375 e. The minimum absolute atomic E-state index is 0.156. The first-order valence-electron chi connectivity index (χ1n) is 15.0. The van der Waals surface area contributed by atoms with Gasteiger partial charge in [0.15, 0.2) is 0 Å². The number of nitrogens with one attached hydrogen (secondary N) is 2. The maximum Gasteiger partial charge on any atom is 0.223 e. The minimum atomic E-state index is 0.156. The van der Waals surface area contributed by atoms with Gasteiger partial charge in [-0.05, 0) is 101 Å². The standard InChI is InChI=1S/C30H52N2O3/c1-19-5-7-21(3)27(17-19)31-29(33)23-9-13-25(14-10-23)35-26-15-11-24(12-16-26)30(34)32-28-18-20(2)6-8-22(28)4/h19-28H,5-18H2,1-4H3,(H,31,33)(H,32,34). The van der Waals surface area contributed by atoms with Crippen LogP contribution in [0.5, 0.6) is 0 Å². The third-order valence-corrected chi connectivity index (χ3v) is 10.0. The van der Waals surface area contributed by atoms with Crippen molar-refractivity contribution in [1.82, 2.24) is 10.6 Å². The third-order valence-electron chi connectivity index (χ3n) is 10.0. The van der Waals surface area contributed by atoms with Crippen LogP contribution >= 0.6 is 0 Å². The lowest BCUT2D eigenvalue weighted by atomic mass is 9.79. The van der Waals surface area contributed by atoms with Gasteiger partial charge < -0.3 is 15.4 Å². The predicted molar refractivity (Wildman–Crippen MR) is 141 cm³/mol. The Hall–Kier alpha value is -1.10. The van der Waals surface area contributed by atoms with Crippen LogP contribution in [-0.4, -0.2) is 36.1 Å². The highest BCUT2D eigenvalue weighted by Crippen LogP contribution is 2.34. The second-order valence-corrected chi connectivity index (χ2v) is 13.1. The van der Waals surface area contributed by atoms with Crippen molar-refractivity contribution in [2.24, 2.45) is 35.5 Å². The topological polar surface area (TPSA) is 67.4 Å². The molecule has 4 rings (SSSR count). The summed E-state index contributed by atoms with van der Waals surface area (Å²) < 4.78 is 6.49. The molecule has 0 aliphatic heterocycles. The molecule has 0 saturated heterocycles. The van der Waals surface area contributed by atoms with E-state index in [-0.39, 0.29) is 35.9 Å². The molecule has 0 aromatic rings. The van der Waals surface area contributed by atoms with E-state index in [0.29, 0.717) is 23.9 Å². The molecule has 2 N–H and O–H groups in total. The Morgan fingerprint density at radius 3 is 1.29 bits per heavy atom. The average molecular weight is 489 g/mol. The van der Waals surface area contributed by atoms with Crippen LogP contribution in [0.1, 0.15) is 118 Å². The van der Waals surface area contributed by atoms with Crippen LogP contribution in [0.25, 0.3) is 0 Å². The fourth-order valence-corrected chi connectivity index (χ4v) is 7.26. The highest BCUT2D eigenvalue weighted by atomic mass is 16.5. The normalized spacial score (nSPS) is 42.7. The maximum absolute atomic E-state index is 12.9. The Morgan fingerprint density at radius 2 is 0.914 bits per heavy atom. The molecular weight excluding hydrogens is 436 g/mol. The lowest BCUT2D eigenvalue weighted by Crippen LogP contribution is -2.46. The second kappa shape index (κ2) is 12.4. The number of rotatable bonds is 6. The summed E-state index contributed by atoms with van der Waals surface area (Å²) in [6.07, 6.45) is 15.6. The number of ether oxygens (including phenoxy) is 1. The van der Waals surface area contributed by atoms with E-state index in [0.717, 1.165) is 76.0 Å². The van der Waals surface area contributed by atoms with Crippen molar-refractivity contribution in [3.63, 3.8) is 0 Å². The Bertz CT molecular complexity index is 638. The first-order valence-corrected chi connectivity index (χ1v) is 15.0. The van der Waals surface area contributed by atoms with Crippen LogP contribution < -0.4 is 10.6 Å². The van der Waals surface area contributed by atoms with Gasteiger partial charge in [-0.2, -0.15) is 0 Å². The van der Waals surface area contributed by atoms with Crippen molar-refractivity contribution in [3.05, 3.63) is 0 Å². The second-order valence-electron chi connectivity index (χ2n) is 13.1. The summed E-state index contributed by atoms with van der Waals surface area (Å²) >= 11 is 0. The molecule has 4 aliphatic rings. The molecule has 4 fully saturated rings. The molecule has 5 nitrogen and oxygen atoms in total. The van der Waals surface area contributed by atoms with E-state index in [1.165, 1.54) is 25.7 Å². The summed E-state index contributed by atoms with van der Waals surface area (Å²) in [5, 5.41) is 6.79. The smallest absolute Gasteiger partial charge is 0.223 e. The van der Waals surface area contributed by atoms with Crippen molar-refractivity contribution in [1.29, 1.82) is 0 Å². The van der Waals surface area contributed by atoms with Crippen molar-refractivity contribution in [2.75, 3.05) is 0 Å². The number of carbonyl (C=O) groups excluding carboxylic acids is 2. The van der Waals surface area contributed by atoms with E-state index in [1.54, 1.807) is 0 Å². The lowest BCUT2D eigenvalue weighted by molar-refractivity contribution is -0.130. The van der Waals surface area contributed by atoms with Gasteiger partial charge in [0.05, 0.1) is 12.2 Å². The molecule has 35 heavy (non-hydrogen) atoms. The predicted octanol–water partition coefficient (Wildman–Crippen LogP) is 6.00. The van der Waals surface area contributed by atoms with Gasteiger partial charge in [0.2, 0.25) is 11.8 Å². The van der Waals surface area contributed by atoms with Gasteiger partial charge in [0.25, 0.3) is 0 Å². The number of carbonyl (C=O) groups is 2. The average Bonchev–Trinajstić information content (AvgIpc) is 2.84. The van der Waals surface area contributed by atoms with E-state index in [2.05, 4.69) is 38.3 Å². The first-order chi connectivity index (χ1) is 16.8. The highest BCUT2D eigenvalue weighted by Gasteiger charge is 2.35. The van der Waals surface area contributed by atoms with Gasteiger partial charge in [-0.3, -0.25) is 9.59 Å². The maximum atomic E-state index is 12.9.